The van der Waals surface area contributed by atoms with Crippen LogP contribution in [0.2, 0.25) is 0 Å². The first-order valence-electron chi connectivity index (χ1n) is 9.64. The van der Waals surface area contributed by atoms with Crippen LogP contribution in [0, 0.1) is 13.8 Å². The third-order valence-corrected chi connectivity index (χ3v) is 4.86. The Morgan fingerprint density at radius 3 is 2.40 bits per heavy atom. The number of fused-ring (bicyclic) bond motifs is 1. The van der Waals surface area contributed by atoms with Gasteiger partial charge in [-0.25, -0.2) is 4.98 Å². The Balaban J connectivity index is 1.60. The summed E-state index contributed by atoms with van der Waals surface area (Å²) in [5, 5.41) is 5.57. The summed E-state index contributed by atoms with van der Waals surface area (Å²) in [6, 6.07) is 18.8. The number of aryl methyl sites for hydroxylation is 2. The highest BCUT2D eigenvalue weighted by atomic mass is 16.2. The van der Waals surface area contributed by atoms with E-state index in [2.05, 4.69) is 47.7 Å². The maximum Gasteiger partial charge on any atom is 0.255 e. The topological polar surface area (TPSA) is 76.0 Å². The van der Waals surface area contributed by atoms with Crippen LogP contribution in [-0.2, 0) is 4.79 Å². The summed E-state index contributed by atoms with van der Waals surface area (Å²) in [5.74, 6) is -0.402. The molecule has 1 heterocycles. The molecule has 2 amide bonds. The van der Waals surface area contributed by atoms with Crippen molar-refractivity contribution in [1.29, 1.82) is 0 Å². The second-order valence-electron chi connectivity index (χ2n) is 7.32. The summed E-state index contributed by atoms with van der Waals surface area (Å²) >= 11 is 0. The SMILES string of the molecule is CC(=O)Nc1cccc(NC(=O)c2ccc3c(c2)ncn3-c2ccc(C)cc2C)c1. The van der Waals surface area contributed by atoms with Crippen molar-refractivity contribution < 1.29 is 9.59 Å². The third kappa shape index (κ3) is 3.93. The van der Waals surface area contributed by atoms with Crippen molar-refractivity contribution >= 4 is 34.2 Å². The molecule has 0 saturated heterocycles. The number of anilines is 2. The van der Waals surface area contributed by atoms with Crippen molar-refractivity contribution in [2.45, 2.75) is 20.8 Å². The van der Waals surface area contributed by atoms with E-state index in [1.54, 1.807) is 42.7 Å². The molecule has 4 rings (SSSR count). The van der Waals surface area contributed by atoms with Gasteiger partial charge in [-0.15, -0.1) is 0 Å². The highest BCUT2D eigenvalue weighted by molar-refractivity contribution is 6.06. The smallest absolute Gasteiger partial charge is 0.255 e. The first-order chi connectivity index (χ1) is 14.4. The number of nitrogens with one attached hydrogen (secondary N) is 2. The number of carbonyl (C=O) groups is 2. The first-order valence-corrected chi connectivity index (χ1v) is 9.64. The van der Waals surface area contributed by atoms with Crippen molar-refractivity contribution in [3.05, 3.63) is 83.7 Å². The molecule has 0 radical (unpaired) electrons. The highest BCUT2D eigenvalue weighted by Crippen LogP contribution is 2.23. The summed E-state index contributed by atoms with van der Waals surface area (Å²) in [7, 11) is 0. The Morgan fingerprint density at radius 2 is 1.67 bits per heavy atom. The fraction of sp³-hybridized carbons (Fsp3) is 0.125. The zero-order valence-electron chi connectivity index (χ0n) is 17.1. The van der Waals surface area contributed by atoms with E-state index in [-0.39, 0.29) is 11.8 Å². The van der Waals surface area contributed by atoms with Gasteiger partial charge in [-0.3, -0.25) is 14.2 Å². The molecule has 3 aromatic carbocycles. The van der Waals surface area contributed by atoms with E-state index < -0.39 is 0 Å². The van der Waals surface area contributed by atoms with Crippen LogP contribution >= 0.6 is 0 Å². The Bertz CT molecular complexity index is 1270. The van der Waals surface area contributed by atoms with Crippen LogP contribution in [0.15, 0.2) is 67.0 Å². The minimum atomic E-state index is -0.238. The monoisotopic (exact) mass is 398 g/mol. The van der Waals surface area contributed by atoms with Crippen LogP contribution in [0.4, 0.5) is 11.4 Å². The van der Waals surface area contributed by atoms with Crippen LogP contribution in [0.3, 0.4) is 0 Å². The third-order valence-electron chi connectivity index (χ3n) is 4.86. The molecule has 0 unspecified atom stereocenters. The predicted molar refractivity (Wildman–Crippen MR) is 119 cm³/mol. The minimum Gasteiger partial charge on any atom is -0.326 e. The molecule has 0 aliphatic heterocycles. The molecule has 1 aromatic heterocycles. The molecule has 0 saturated carbocycles. The summed E-state index contributed by atoms with van der Waals surface area (Å²) in [5.41, 5.74) is 6.86. The lowest BCUT2D eigenvalue weighted by molar-refractivity contribution is -0.114. The molecule has 0 aliphatic rings. The molecule has 30 heavy (non-hydrogen) atoms. The normalized spacial score (nSPS) is 10.8. The molecule has 0 bridgehead atoms. The number of imidazole rings is 1. The van der Waals surface area contributed by atoms with Crippen molar-refractivity contribution in [3.63, 3.8) is 0 Å². The van der Waals surface area contributed by atoms with E-state index in [0.717, 1.165) is 22.3 Å². The molecular formula is C24H22N4O2. The molecule has 0 atom stereocenters. The number of amides is 2. The van der Waals surface area contributed by atoms with Gasteiger partial charge in [0.05, 0.1) is 16.7 Å². The van der Waals surface area contributed by atoms with E-state index in [1.807, 2.05) is 10.6 Å². The molecule has 6 heteroatoms. The summed E-state index contributed by atoms with van der Waals surface area (Å²) < 4.78 is 2.03. The number of aromatic nitrogens is 2. The molecular weight excluding hydrogens is 376 g/mol. The van der Waals surface area contributed by atoms with Gasteiger partial charge in [-0.2, -0.15) is 0 Å². The van der Waals surface area contributed by atoms with Gasteiger partial charge in [0.2, 0.25) is 5.91 Å². The van der Waals surface area contributed by atoms with Gasteiger partial charge in [0.1, 0.15) is 6.33 Å². The predicted octanol–water partition coefficient (Wildman–Crippen LogP) is 4.85. The highest BCUT2D eigenvalue weighted by Gasteiger charge is 2.12. The van der Waals surface area contributed by atoms with Crippen LogP contribution in [0.1, 0.15) is 28.4 Å². The number of hydrogen-bond acceptors (Lipinski definition) is 3. The second-order valence-corrected chi connectivity index (χ2v) is 7.32. The largest absolute Gasteiger partial charge is 0.326 e. The molecule has 0 spiro atoms. The van der Waals surface area contributed by atoms with Crippen molar-refractivity contribution in [1.82, 2.24) is 9.55 Å². The molecule has 0 aliphatic carbocycles. The van der Waals surface area contributed by atoms with Gasteiger partial charge < -0.3 is 10.6 Å². The molecule has 150 valence electrons. The quantitative estimate of drug-likeness (QED) is 0.516. The van der Waals surface area contributed by atoms with E-state index >= 15 is 0 Å². The van der Waals surface area contributed by atoms with E-state index in [0.29, 0.717) is 16.9 Å². The lowest BCUT2D eigenvalue weighted by Crippen LogP contribution is -2.12. The maximum atomic E-state index is 12.7. The summed E-state index contributed by atoms with van der Waals surface area (Å²) in [6.07, 6.45) is 1.78. The standard InChI is InChI=1S/C24H22N4O2/c1-15-7-9-22(16(2)11-15)28-14-25-21-12-18(8-10-23(21)28)24(30)27-20-6-4-5-19(13-20)26-17(3)29/h4-14H,1-3H3,(H,26,29)(H,27,30). The van der Waals surface area contributed by atoms with Gasteiger partial charge in [0.25, 0.3) is 5.91 Å². The van der Waals surface area contributed by atoms with Crippen LogP contribution < -0.4 is 10.6 Å². The van der Waals surface area contributed by atoms with Crippen LogP contribution in [0.25, 0.3) is 16.7 Å². The first kappa shape index (κ1) is 19.4. The number of hydrogen-bond donors (Lipinski definition) is 2. The lowest BCUT2D eigenvalue weighted by atomic mass is 10.1. The fourth-order valence-corrected chi connectivity index (χ4v) is 3.50. The van der Waals surface area contributed by atoms with E-state index in [1.165, 1.54) is 12.5 Å². The van der Waals surface area contributed by atoms with E-state index in [4.69, 9.17) is 0 Å². The van der Waals surface area contributed by atoms with Gasteiger partial charge in [0, 0.05) is 23.9 Å². The van der Waals surface area contributed by atoms with Crippen molar-refractivity contribution in [3.8, 4) is 5.69 Å². The fourth-order valence-electron chi connectivity index (χ4n) is 3.50. The molecule has 2 N–H and O–H groups in total. The second kappa shape index (κ2) is 7.83. The molecule has 0 fully saturated rings. The summed E-state index contributed by atoms with van der Waals surface area (Å²) in [6.45, 7) is 5.59. The van der Waals surface area contributed by atoms with Crippen molar-refractivity contribution in [2.75, 3.05) is 10.6 Å². The van der Waals surface area contributed by atoms with Gasteiger partial charge >= 0.3 is 0 Å². The van der Waals surface area contributed by atoms with Crippen LogP contribution in [0.5, 0.6) is 0 Å². The number of nitrogens with zero attached hydrogens (tertiary/aromatic N) is 2. The Kier molecular flexibility index (Phi) is 5.06. The molecule has 6 nitrogen and oxygen atoms in total. The Labute approximate surface area is 174 Å². The zero-order valence-corrected chi connectivity index (χ0v) is 17.1. The van der Waals surface area contributed by atoms with Gasteiger partial charge in [-0.05, 0) is 61.9 Å². The number of benzene rings is 3. The van der Waals surface area contributed by atoms with E-state index in [9.17, 15) is 9.59 Å². The average molecular weight is 398 g/mol. The average Bonchev–Trinajstić information content (AvgIpc) is 3.11. The summed E-state index contributed by atoms with van der Waals surface area (Å²) in [4.78, 5) is 28.4. The minimum absolute atomic E-state index is 0.164. The molecule has 4 aromatic rings. The number of carbonyl (C=O) groups excluding carboxylic acids is 2. The number of rotatable bonds is 4. The zero-order chi connectivity index (χ0) is 21.3. The lowest BCUT2D eigenvalue weighted by Gasteiger charge is -2.10. The van der Waals surface area contributed by atoms with Gasteiger partial charge in [-0.1, -0.05) is 23.8 Å². The Hall–Kier alpha value is -3.93. The maximum absolute atomic E-state index is 12.7. The Morgan fingerprint density at radius 1 is 0.900 bits per heavy atom. The van der Waals surface area contributed by atoms with Crippen molar-refractivity contribution in [2.24, 2.45) is 0 Å². The van der Waals surface area contributed by atoms with Crippen LogP contribution in [-0.4, -0.2) is 21.4 Å². The van der Waals surface area contributed by atoms with Gasteiger partial charge in [0.15, 0.2) is 0 Å².